The topological polar surface area (TPSA) is 69.0 Å². The Labute approximate surface area is 159 Å². The second-order valence-corrected chi connectivity index (χ2v) is 8.48. The fourth-order valence-corrected chi connectivity index (χ4v) is 4.79. The first kappa shape index (κ1) is 17.5. The van der Waals surface area contributed by atoms with Crippen LogP contribution in [-0.2, 0) is 16.1 Å². The van der Waals surface area contributed by atoms with Crippen LogP contribution >= 0.6 is 23.1 Å². The molecule has 2 aromatic heterocycles. The molecule has 0 bridgehead atoms. The third kappa shape index (κ3) is 4.44. The Morgan fingerprint density at radius 2 is 2.31 bits per heavy atom. The number of rotatable bonds is 6. The van der Waals surface area contributed by atoms with Crippen LogP contribution in [0.4, 0.5) is 5.69 Å². The van der Waals surface area contributed by atoms with E-state index in [1.807, 2.05) is 35.1 Å². The summed E-state index contributed by atoms with van der Waals surface area (Å²) >= 11 is 3.07. The van der Waals surface area contributed by atoms with Crippen LogP contribution in [0.5, 0.6) is 0 Å². The van der Waals surface area contributed by atoms with Gasteiger partial charge in [-0.25, -0.2) is 4.98 Å². The van der Waals surface area contributed by atoms with E-state index in [2.05, 4.69) is 15.4 Å². The van der Waals surface area contributed by atoms with Crippen molar-refractivity contribution in [1.82, 2.24) is 14.8 Å². The summed E-state index contributed by atoms with van der Waals surface area (Å²) in [4.78, 5) is 16.7. The summed E-state index contributed by atoms with van der Waals surface area (Å²) in [5.74, 6) is 0.277. The second-order valence-electron chi connectivity index (χ2n) is 6.22. The van der Waals surface area contributed by atoms with Crippen molar-refractivity contribution in [3.63, 3.8) is 0 Å². The predicted octanol–water partition coefficient (Wildman–Crippen LogP) is 3.79. The molecular weight excluding hydrogens is 368 g/mol. The first-order chi connectivity index (χ1) is 12.8. The molecule has 6 nitrogen and oxygen atoms in total. The van der Waals surface area contributed by atoms with Gasteiger partial charge in [-0.15, -0.1) is 11.3 Å². The first-order valence-electron chi connectivity index (χ1n) is 8.68. The number of nitrogens with one attached hydrogen (secondary N) is 1. The Bertz CT molecular complexity index is 853. The van der Waals surface area contributed by atoms with E-state index >= 15 is 0 Å². The van der Waals surface area contributed by atoms with Gasteiger partial charge in [0.15, 0.2) is 4.34 Å². The molecule has 1 aromatic carbocycles. The van der Waals surface area contributed by atoms with Crippen molar-refractivity contribution in [3.05, 3.63) is 36.7 Å². The maximum absolute atomic E-state index is 12.2. The van der Waals surface area contributed by atoms with Crippen molar-refractivity contribution in [1.29, 1.82) is 0 Å². The zero-order chi connectivity index (χ0) is 17.8. The number of carbonyl (C=O) groups is 1. The summed E-state index contributed by atoms with van der Waals surface area (Å²) in [5.41, 5.74) is 1.70. The summed E-state index contributed by atoms with van der Waals surface area (Å²) < 4.78 is 9.62. The minimum Gasteiger partial charge on any atom is -0.376 e. The van der Waals surface area contributed by atoms with E-state index in [-0.39, 0.29) is 12.0 Å². The first-order valence-corrected chi connectivity index (χ1v) is 10.5. The summed E-state index contributed by atoms with van der Waals surface area (Å²) in [5, 5.41) is 7.21. The monoisotopic (exact) mass is 388 g/mol. The van der Waals surface area contributed by atoms with Gasteiger partial charge in [-0.2, -0.15) is 5.10 Å². The molecule has 1 N–H and O–H groups in total. The van der Waals surface area contributed by atoms with E-state index < -0.39 is 0 Å². The molecule has 3 aromatic rings. The normalized spacial score (nSPS) is 17.5. The van der Waals surface area contributed by atoms with Crippen LogP contribution in [0.25, 0.3) is 10.2 Å². The number of thiazole rings is 1. The van der Waals surface area contributed by atoms with Crippen LogP contribution < -0.4 is 5.32 Å². The van der Waals surface area contributed by atoms with E-state index in [0.29, 0.717) is 5.75 Å². The van der Waals surface area contributed by atoms with Gasteiger partial charge in [0.2, 0.25) is 5.91 Å². The highest BCUT2D eigenvalue weighted by Gasteiger charge is 2.15. The summed E-state index contributed by atoms with van der Waals surface area (Å²) in [6.45, 7) is 1.56. The van der Waals surface area contributed by atoms with Crippen molar-refractivity contribution < 1.29 is 9.53 Å². The quantitative estimate of drug-likeness (QED) is 0.651. The van der Waals surface area contributed by atoms with Gasteiger partial charge in [-0.1, -0.05) is 23.9 Å². The number of thioether (sulfide) groups is 1. The minimum atomic E-state index is -0.0530. The molecule has 1 saturated heterocycles. The van der Waals surface area contributed by atoms with Gasteiger partial charge in [-0.05, 0) is 31.4 Å². The highest BCUT2D eigenvalue weighted by atomic mass is 32.2. The number of amides is 1. The number of ether oxygens (including phenoxy) is 1. The molecule has 1 unspecified atom stereocenters. The highest BCUT2D eigenvalue weighted by molar-refractivity contribution is 8.01. The summed E-state index contributed by atoms with van der Waals surface area (Å²) in [6, 6.07) is 8.00. The van der Waals surface area contributed by atoms with Crippen LogP contribution in [0, 0.1) is 0 Å². The molecule has 3 heterocycles. The standard InChI is InChI=1S/C18H20N4O2S2/c23-17(12-25-18-21-15-6-1-2-7-16(15)26-18)20-13-9-19-22(10-13)11-14-5-3-4-8-24-14/h1-2,6-7,9-10,14H,3-5,8,11-12H2,(H,20,23). The number of hydrogen-bond acceptors (Lipinski definition) is 6. The van der Waals surface area contributed by atoms with E-state index in [0.717, 1.165) is 46.2 Å². The van der Waals surface area contributed by atoms with Gasteiger partial charge in [0.05, 0.1) is 40.5 Å². The van der Waals surface area contributed by atoms with Crippen molar-refractivity contribution in [3.8, 4) is 0 Å². The smallest absolute Gasteiger partial charge is 0.234 e. The molecule has 0 radical (unpaired) electrons. The van der Waals surface area contributed by atoms with Gasteiger partial charge in [0, 0.05) is 12.8 Å². The van der Waals surface area contributed by atoms with Crippen molar-refractivity contribution >= 4 is 44.9 Å². The van der Waals surface area contributed by atoms with Crippen LogP contribution in [0.1, 0.15) is 19.3 Å². The molecule has 0 spiro atoms. The lowest BCUT2D eigenvalue weighted by Gasteiger charge is -2.22. The predicted molar refractivity (Wildman–Crippen MR) is 105 cm³/mol. The van der Waals surface area contributed by atoms with Crippen LogP contribution in [0.3, 0.4) is 0 Å². The van der Waals surface area contributed by atoms with Gasteiger partial charge in [0.1, 0.15) is 0 Å². The second kappa shape index (κ2) is 8.20. The lowest BCUT2D eigenvalue weighted by molar-refractivity contribution is -0.113. The van der Waals surface area contributed by atoms with E-state index in [9.17, 15) is 4.79 Å². The molecule has 1 aliphatic heterocycles. The Morgan fingerprint density at radius 1 is 1.38 bits per heavy atom. The fourth-order valence-electron chi connectivity index (χ4n) is 2.93. The third-order valence-electron chi connectivity index (χ3n) is 4.18. The maximum atomic E-state index is 12.2. The number of hydrogen-bond donors (Lipinski definition) is 1. The molecule has 1 atom stereocenters. The van der Waals surface area contributed by atoms with Gasteiger partial charge in [0.25, 0.3) is 0 Å². The molecule has 1 aliphatic rings. The Morgan fingerprint density at radius 3 is 3.15 bits per heavy atom. The molecule has 0 aliphatic carbocycles. The van der Waals surface area contributed by atoms with Crippen molar-refractivity contribution in [2.45, 2.75) is 36.3 Å². The zero-order valence-corrected chi connectivity index (χ0v) is 15.9. The number of anilines is 1. The van der Waals surface area contributed by atoms with Crippen LogP contribution in [0.2, 0.25) is 0 Å². The highest BCUT2D eigenvalue weighted by Crippen LogP contribution is 2.29. The number of benzene rings is 1. The van der Waals surface area contributed by atoms with Crippen molar-refractivity contribution in [2.24, 2.45) is 0 Å². The lowest BCUT2D eigenvalue weighted by atomic mass is 10.1. The largest absolute Gasteiger partial charge is 0.376 e. The lowest BCUT2D eigenvalue weighted by Crippen LogP contribution is -2.24. The molecule has 4 rings (SSSR count). The van der Waals surface area contributed by atoms with Crippen LogP contribution in [0.15, 0.2) is 41.0 Å². The fraction of sp³-hybridized carbons (Fsp3) is 0.389. The van der Waals surface area contributed by atoms with Gasteiger partial charge >= 0.3 is 0 Å². The third-order valence-corrected chi connectivity index (χ3v) is 6.36. The maximum Gasteiger partial charge on any atom is 0.234 e. The molecule has 1 fully saturated rings. The number of nitrogens with zero attached hydrogens (tertiary/aromatic N) is 3. The van der Waals surface area contributed by atoms with E-state index in [1.165, 1.54) is 18.2 Å². The Kier molecular flexibility index (Phi) is 5.52. The Balaban J connectivity index is 1.27. The Hall–Kier alpha value is -1.90. The summed E-state index contributed by atoms with van der Waals surface area (Å²) in [7, 11) is 0. The van der Waals surface area contributed by atoms with Crippen LogP contribution in [-0.4, -0.2) is 39.1 Å². The van der Waals surface area contributed by atoms with Gasteiger partial charge < -0.3 is 10.1 Å². The summed E-state index contributed by atoms with van der Waals surface area (Å²) in [6.07, 6.45) is 7.19. The minimum absolute atomic E-state index is 0.0530. The van der Waals surface area contributed by atoms with E-state index in [4.69, 9.17) is 4.74 Å². The molecule has 1 amide bonds. The number of para-hydroxylation sites is 1. The SMILES string of the molecule is O=C(CSc1nc2ccccc2s1)Nc1cnn(CC2CCCCO2)c1. The molecular formula is C18H20N4O2S2. The van der Waals surface area contributed by atoms with E-state index in [1.54, 1.807) is 17.5 Å². The molecule has 136 valence electrons. The average Bonchev–Trinajstić information content (AvgIpc) is 3.27. The van der Waals surface area contributed by atoms with Gasteiger partial charge in [-0.3, -0.25) is 9.48 Å². The molecule has 0 saturated carbocycles. The zero-order valence-electron chi connectivity index (χ0n) is 14.3. The van der Waals surface area contributed by atoms with Crippen molar-refractivity contribution in [2.75, 3.05) is 17.7 Å². The molecule has 26 heavy (non-hydrogen) atoms. The number of aromatic nitrogens is 3. The number of carbonyl (C=O) groups excluding carboxylic acids is 1. The molecule has 8 heteroatoms. The number of fused-ring (bicyclic) bond motifs is 1. The average molecular weight is 389 g/mol.